The molecule has 2 unspecified atom stereocenters. The van der Waals surface area contributed by atoms with E-state index in [4.69, 9.17) is 9.15 Å². The Morgan fingerprint density at radius 2 is 2.33 bits per heavy atom. The molecule has 0 aliphatic carbocycles. The number of morpholine rings is 1. The lowest BCUT2D eigenvalue weighted by molar-refractivity contribution is -0.0564. The van der Waals surface area contributed by atoms with Gasteiger partial charge in [-0.15, -0.1) is 0 Å². The Kier molecular flexibility index (Phi) is 3.44. The van der Waals surface area contributed by atoms with Gasteiger partial charge < -0.3 is 14.5 Å². The second kappa shape index (κ2) is 4.81. The lowest BCUT2D eigenvalue weighted by Gasteiger charge is -2.30. The van der Waals surface area contributed by atoms with Crippen molar-refractivity contribution < 1.29 is 9.15 Å². The smallest absolute Gasteiger partial charge is 0.133 e. The van der Waals surface area contributed by atoms with E-state index in [0.717, 1.165) is 25.3 Å². The second-order valence-corrected chi connectivity index (χ2v) is 4.55. The average molecular weight is 209 g/mol. The number of hydrogen-bond donors (Lipinski definition) is 1. The Labute approximate surface area is 90.8 Å². The van der Waals surface area contributed by atoms with E-state index in [-0.39, 0.29) is 6.10 Å². The summed E-state index contributed by atoms with van der Waals surface area (Å²) < 4.78 is 11.3. The van der Waals surface area contributed by atoms with Crippen molar-refractivity contribution in [1.29, 1.82) is 0 Å². The molecule has 0 amide bonds. The van der Waals surface area contributed by atoms with Crippen LogP contribution in [0.2, 0.25) is 0 Å². The summed E-state index contributed by atoms with van der Waals surface area (Å²) in [6.07, 6.45) is 3.20. The van der Waals surface area contributed by atoms with Crippen molar-refractivity contribution in [3.05, 3.63) is 24.2 Å². The van der Waals surface area contributed by atoms with E-state index in [1.54, 1.807) is 6.26 Å². The van der Waals surface area contributed by atoms with Gasteiger partial charge in [-0.25, -0.2) is 0 Å². The normalized spacial score (nSPS) is 27.1. The summed E-state index contributed by atoms with van der Waals surface area (Å²) in [5, 5.41) is 3.39. The van der Waals surface area contributed by atoms with E-state index in [2.05, 4.69) is 19.2 Å². The molecule has 1 aromatic rings. The minimum atomic E-state index is 0.0810. The van der Waals surface area contributed by atoms with E-state index >= 15 is 0 Å². The monoisotopic (exact) mass is 209 g/mol. The highest BCUT2D eigenvalue weighted by Crippen LogP contribution is 2.24. The van der Waals surface area contributed by atoms with Crippen LogP contribution in [-0.4, -0.2) is 19.2 Å². The Hall–Kier alpha value is -0.800. The molecule has 1 aromatic heterocycles. The Morgan fingerprint density at radius 3 is 3.00 bits per heavy atom. The maximum Gasteiger partial charge on any atom is 0.133 e. The van der Waals surface area contributed by atoms with Gasteiger partial charge in [-0.1, -0.05) is 13.8 Å². The zero-order valence-corrected chi connectivity index (χ0v) is 9.40. The molecule has 3 nitrogen and oxygen atoms in total. The number of ether oxygens (including phenoxy) is 1. The maximum absolute atomic E-state index is 5.99. The standard InChI is InChI=1S/C12H19NO2/c1-9(2)6-10-7-13-8-12(15-10)11-4-3-5-14-11/h3-5,9-10,12-13H,6-8H2,1-2H3. The van der Waals surface area contributed by atoms with Crippen LogP contribution < -0.4 is 5.32 Å². The molecule has 84 valence electrons. The van der Waals surface area contributed by atoms with Crippen LogP contribution in [0.3, 0.4) is 0 Å². The molecule has 1 aliphatic rings. The Morgan fingerprint density at radius 1 is 1.47 bits per heavy atom. The molecular weight excluding hydrogens is 190 g/mol. The first-order valence-electron chi connectivity index (χ1n) is 5.65. The highest BCUT2D eigenvalue weighted by molar-refractivity contribution is 5.04. The van der Waals surface area contributed by atoms with Crippen molar-refractivity contribution in [2.24, 2.45) is 5.92 Å². The predicted octanol–water partition coefficient (Wildman–Crippen LogP) is 2.36. The second-order valence-electron chi connectivity index (χ2n) is 4.55. The SMILES string of the molecule is CC(C)CC1CNCC(c2ccco2)O1. The molecule has 0 spiro atoms. The van der Waals surface area contributed by atoms with E-state index in [1.807, 2.05) is 12.1 Å². The minimum Gasteiger partial charge on any atom is -0.467 e. The van der Waals surface area contributed by atoms with Crippen LogP contribution in [0.5, 0.6) is 0 Å². The third kappa shape index (κ3) is 2.83. The summed E-state index contributed by atoms with van der Waals surface area (Å²) in [7, 11) is 0. The van der Waals surface area contributed by atoms with Gasteiger partial charge in [0.15, 0.2) is 0 Å². The lowest BCUT2D eigenvalue weighted by atomic mass is 10.0. The van der Waals surface area contributed by atoms with E-state index in [9.17, 15) is 0 Å². The lowest BCUT2D eigenvalue weighted by Crippen LogP contribution is -2.41. The number of nitrogens with one attached hydrogen (secondary N) is 1. The summed E-state index contributed by atoms with van der Waals surface area (Å²) in [4.78, 5) is 0. The Bertz CT molecular complexity index is 282. The van der Waals surface area contributed by atoms with Gasteiger partial charge in [0.25, 0.3) is 0 Å². The van der Waals surface area contributed by atoms with Crippen LogP contribution >= 0.6 is 0 Å². The van der Waals surface area contributed by atoms with Crippen LogP contribution in [-0.2, 0) is 4.74 Å². The maximum atomic E-state index is 5.99. The highest BCUT2D eigenvalue weighted by Gasteiger charge is 2.25. The van der Waals surface area contributed by atoms with Crippen LogP contribution in [0.1, 0.15) is 32.1 Å². The molecule has 0 aromatic carbocycles. The van der Waals surface area contributed by atoms with Crippen molar-refractivity contribution in [2.45, 2.75) is 32.5 Å². The van der Waals surface area contributed by atoms with Gasteiger partial charge >= 0.3 is 0 Å². The van der Waals surface area contributed by atoms with Gasteiger partial charge in [0.2, 0.25) is 0 Å². The van der Waals surface area contributed by atoms with Gasteiger partial charge in [0, 0.05) is 13.1 Å². The van der Waals surface area contributed by atoms with Crippen LogP contribution in [0.15, 0.2) is 22.8 Å². The summed E-state index contributed by atoms with van der Waals surface area (Å²) in [5.41, 5.74) is 0. The molecule has 3 heteroatoms. The third-order valence-corrected chi connectivity index (χ3v) is 2.65. The van der Waals surface area contributed by atoms with Gasteiger partial charge in [-0.3, -0.25) is 0 Å². The first-order chi connectivity index (χ1) is 7.25. The fourth-order valence-corrected chi connectivity index (χ4v) is 2.01. The van der Waals surface area contributed by atoms with Gasteiger partial charge in [0.1, 0.15) is 11.9 Å². The van der Waals surface area contributed by atoms with E-state index in [0.29, 0.717) is 12.0 Å². The van der Waals surface area contributed by atoms with Gasteiger partial charge in [-0.2, -0.15) is 0 Å². The van der Waals surface area contributed by atoms with Gasteiger partial charge in [-0.05, 0) is 24.5 Å². The van der Waals surface area contributed by atoms with Crippen molar-refractivity contribution in [3.63, 3.8) is 0 Å². The molecule has 15 heavy (non-hydrogen) atoms. The molecule has 1 fully saturated rings. The highest BCUT2D eigenvalue weighted by atomic mass is 16.5. The molecular formula is C12H19NO2. The zero-order chi connectivity index (χ0) is 10.7. The van der Waals surface area contributed by atoms with E-state index in [1.165, 1.54) is 0 Å². The third-order valence-electron chi connectivity index (χ3n) is 2.65. The number of hydrogen-bond acceptors (Lipinski definition) is 3. The molecule has 0 bridgehead atoms. The molecule has 2 rings (SSSR count). The average Bonchev–Trinajstić information content (AvgIpc) is 2.69. The minimum absolute atomic E-state index is 0.0810. The zero-order valence-electron chi connectivity index (χ0n) is 9.40. The largest absolute Gasteiger partial charge is 0.467 e. The van der Waals surface area contributed by atoms with Crippen molar-refractivity contribution in [3.8, 4) is 0 Å². The summed E-state index contributed by atoms with van der Waals surface area (Å²) >= 11 is 0. The summed E-state index contributed by atoms with van der Waals surface area (Å²) in [6.45, 7) is 6.25. The number of furan rings is 1. The van der Waals surface area contributed by atoms with Crippen LogP contribution in [0, 0.1) is 5.92 Å². The molecule has 0 radical (unpaired) electrons. The van der Waals surface area contributed by atoms with Crippen molar-refractivity contribution in [2.75, 3.05) is 13.1 Å². The predicted molar refractivity (Wildman–Crippen MR) is 58.6 cm³/mol. The topological polar surface area (TPSA) is 34.4 Å². The Balaban J connectivity index is 1.92. The first kappa shape index (κ1) is 10.7. The van der Waals surface area contributed by atoms with Crippen LogP contribution in [0.25, 0.3) is 0 Å². The summed E-state index contributed by atoms with van der Waals surface area (Å²) in [5.74, 6) is 1.60. The van der Waals surface area contributed by atoms with Gasteiger partial charge in [0.05, 0.1) is 12.4 Å². The molecule has 2 atom stereocenters. The fraction of sp³-hybridized carbons (Fsp3) is 0.667. The molecule has 2 heterocycles. The number of rotatable bonds is 3. The van der Waals surface area contributed by atoms with Crippen molar-refractivity contribution >= 4 is 0 Å². The molecule has 1 saturated heterocycles. The molecule has 0 saturated carbocycles. The quantitative estimate of drug-likeness (QED) is 0.829. The van der Waals surface area contributed by atoms with E-state index < -0.39 is 0 Å². The first-order valence-corrected chi connectivity index (χ1v) is 5.65. The van der Waals surface area contributed by atoms with Crippen LogP contribution in [0.4, 0.5) is 0 Å². The fourth-order valence-electron chi connectivity index (χ4n) is 2.01. The van der Waals surface area contributed by atoms with Crippen molar-refractivity contribution in [1.82, 2.24) is 5.32 Å². The summed E-state index contributed by atoms with van der Waals surface area (Å²) in [6, 6.07) is 3.88. The molecule has 1 N–H and O–H groups in total. The molecule has 1 aliphatic heterocycles.